The van der Waals surface area contributed by atoms with Crippen LogP contribution in [0.25, 0.3) is 0 Å². The molecule has 2 aromatic rings. The Morgan fingerprint density at radius 2 is 1.95 bits per heavy atom. The lowest BCUT2D eigenvalue weighted by Crippen LogP contribution is -2.01. The summed E-state index contributed by atoms with van der Waals surface area (Å²) in [7, 11) is 0. The molecule has 2 rings (SSSR count). The van der Waals surface area contributed by atoms with Gasteiger partial charge in [-0.15, -0.1) is 0 Å². The summed E-state index contributed by atoms with van der Waals surface area (Å²) in [5, 5.41) is 13.1. The van der Waals surface area contributed by atoms with Crippen LogP contribution in [0.2, 0.25) is 0 Å². The van der Waals surface area contributed by atoms with E-state index >= 15 is 0 Å². The number of unbranched alkanes of at least 4 members (excludes halogenated alkanes) is 1. The van der Waals surface area contributed by atoms with Gasteiger partial charge in [-0.3, -0.25) is 9.48 Å². The van der Waals surface area contributed by atoms with Gasteiger partial charge in [0, 0.05) is 12.6 Å². The third-order valence-electron chi connectivity index (χ3n) is 2.96. The molecule has 0 saturated carbocycles. The minimum Gasteiger partial charge on any atom is -0.481 e. The monoisotopic (exact) mass is 258 g/mol. The molecule has 0 saturated heterocycles. The molecule has 100 valence electrons. The van der Waals surface area contributed by atoms with Crippen LogP contribution in [0.15, 0.2) is 42.6 Å². The second-order valence-electron chi connectivity index (χ2n) is 4.59. The van der Waals surface area contributed by atoms with E-state index in [4.69, 9.17) is 5.11 Å². The number of hydrogen-bond donors (Lipinski definition) is 1. The molecule has 0 aliphatic carbocycles. The fourth-order valence-corrected chi connectivity index (χ4v) is 1.98. The van der Waals surface area contributed by atoms with Crippen molar-refractivity contribution in [2.24, 2.45) is 0 Å². The van der Waals surface area contributed by atoms with Crippen LogP contribution < -0.4 is 0 Å². The highest BCUT2D eigenvalue weighted by Crippen LogP contribution is 2.06. The number of carboxylic acids is 1. The maximum Gasteiger partial charge on any atom is 0.303 e. The SMILES string of the molecule is O=C(O)CCCCc1ccn(Cc2ccccc2)n1. The van der Waals surface area contributed by atoms with Crippen molar-refractivity contribution in [1.82, 2.24) is 9.78 Å². The van der Waals surface area contributed by atoms with Crippen LogP contribution in [-0.2, 0) is 17.8 Å². The molecule has 0 aliphatic heterocycles. The predicted octanol–water partition coefficient (Wildman–Crippen LogP) is 2.73. The first kappa shape index (κ1) is 13.3. The minimum absolute atomic E-state index is 0.241. The van der Waals surface area contributed by atoms with E-state index in [-0.39, 0.29) is 6.42 Å². The van der Waals surface area contributed by atoms with E-state index in [0.717, 1.165) is 25.1 Å². The van der Waals surface area contributed by atoms with E-state index in [0.29, 0.717) is 6.42 Å². The Balaban J connectivity index is 1.80. The van der Waals surface area contributed by atoms with Crippen molar-refractivity contribution in [1.29, 1.82) is 0 Å². The van der Waals surface area contributed by atoms with Crippen molar-refractivity contribution >= 4 is 5.97 Å². The Morgan fingerprint density at radius 3 is 2.68 bits per heavy atom. The first-order valence-electron chi connectivity index (χ1n) is 6.52. The van der Waals surface area contributed by atoms with Crippen LogP contribution in [0.3, 0.4) is 0 Å². The zero-order valence-electron chi connectivity index (χ0n) is 10.8. The first-order chi connectivity index (χ1) is 9.24. The summed E-state index contributed by atoms with van der Waals surface area (Å²) < 4.78 is 1.92. The highest BCUT2D eigenvalue weighted by Gasteiger charge is 2.01. The van der Waals surface area contributed by atoms with Gasteiger partial charge < -0.3 is 5.11 Å². The summed E-state index contributed by atoms with van der Waals surface area (Å²) in [6.07, 6.45) is 4.63. The average Bonchev–Trinajstić information content (AvgIpc) is 2.83. The lowest BCUT2D eigenvalue weighted by molar-refractivity contribution is -0.137. The van der Waals surface area contributed by atoms with Gasteiger partial charge in [0.2, 0.25) is 0 Å². The van der Waals surface area contributed by atoms with Crippen LogP contribution in [-0.4, -0.2) is 20.9 Å². The van der Waals surface area contributed by atoms with Gasteiger partial charge in [0.25, 0.3) is 0 Å². The van der Waals surface area contributed by atoms with Crippen LogP contribution in [0.5, 0.6) is 0 Å². The average molecular weight is 258 g/mol. The van der Waals surface area contributed by atoms with Crippen molar-refractivity contribution < 1.29 is 9.90 Å². The van der Waals surface area contributed by atoms with Crippen molar-refractivity contribution in [2.75, 3.05) is 0 Å². The number of aromatic nitrogens is 2. The van der Waals surface area contributed by atoms with Gasteiger partial charge in [0.15, 0.2) is 0 Å². The van der Waals surface area contributed by atoms with E-state index in [1.165, 1.54) is 5.56 Å². The number of carbonyl (C=O) groups is 1. The minimum atomic E-state index is -0.727. The zero-order valence-corrected chi connectivity index (χ0v) is 10.8. The zero-order chi connectivity index (χ0) is 13.5. The number of benzene rings is 1. The second kappa shape index (κ2) is 6.73. The molecule has 0 bridgehead atoms. The standard InChI is InChI=1S/C15H18N2O2/c18-15(19)9-5-4-8-14-10-11-17(16-14)12-13-6-2-1-3-7-13/h1-3,6-7,10-11H,4-5,8-9,12H2,(H,18,19). The van der Waals surface area contributed by atoms with E-state index in [1.807, 2.05) is 35.1 Å². The quantitative estimate of drug-likeness (QED) is 0.777. The van der Waals surface area contributed by atoms with Crippen LogP contribution in [0, 0.1) is 0 Å². The fourth-order valence-electron chi connectivity index (χ4n) is 1.98. The molecular weight excluding hydrogens is 240 g/mol. The smallest absolute Gasteiger partial charge is 0.303 e. The lowest BCUT2D eigenvalue weighted by Gasteiger charge is -2.01. The maximum atomic E-state index is 10.4. The number of nitrogens with zero attached hydrogens (tertiary/aromatic N) is 2. The molecule has 4 heteroatoms. The van der Waals surface area contributed by atoms with Crippen LogP contribution in [0.4, 0.5) is 0 Å². The number of rotatable bonds is 7. The van der Waals surface area contributed by atoms with Gasteiger partial charge in [0.05, 0.1) is 12.2 Å². The van der Waals surface area contributed by atoms with Gasteiger partial charge in [-0.25, -0.2) is 0 Å². The number of aryl methyl sites for hydroxylation is 1. The molecule has 19 heavy (non-hydrogen) atoms. The lowest BCUT2D eigenvalue weighted by atomic mass is 10.1. The third-order valence-corrected chi connectivity index (χ3v) is 2.96. The van der Waals surface area contributed by atoms with Gasteiger partial charge in [-0.2, -0.15) is 5.10 Å². The third kappa shape index (κ3) is 4.58. The summed E-state index contributed by atoms with van der Waals surface area (Å²) >= 11 is 0. The predicted molar refractivity (Wildman–Crippen MR) is 73.0 cm³/mol. The molecule has 0 amide bonds. The van der Waals surface area contributed by atoms with Gasteiger partial charge >= 0.3 is 5.97 Å². The van der Waals surface area contributed by atoms with E-state index in [1.54, 1.807) is 0 Å². The molecule has 0 unspecified atom stereocenters. The fraction of sp³-hybridized carbons (Fsp3) is 0.333. The number of aliphatic carboxylic acids is 1. The van der Waals surface area contributed by atoms with E-state index in [2.05, 4.69) is 17.2 Å². The molecule has 0 fully saturated rings. The molecule has 0 radical (unpaired) electrons. The summed E-state index contributed by atoms with van der Waals surface area (Å²) in [6, 6.07) is 12.2. The molecule has 0 aliphatic rings. The summed E-state index contributed by atoms with van der Waals surface area (Å²) in [5.41, 5.74) is 2.25. The van der Waals surface area contributed by atoms with Gasteiger partial charge in [-0.05, 0) is 30.9 Å². The van der Waals surface area contributed by atoms with Crippen molar-refractivity contribution in [3.63, 3.8) is 0 Å². The molecule has 1 aromatic heterocycles. The van der Waals surface area contributed by atoms with Gasteiger partial charge in [-0.1, -0.05) is 30.3 Å². The number of hydrogen-bond acceptors (Lipinski definition) is 2. The molecule has 0 spiro atoms. The van der Waals surface area contributed by atoms with Crippen molar-refractivity contribution in [3.05, 3.63) is 53.9 Å². The second-order valence-corrected chi connectivity index (χ2v) is 4.59. The summed E-state index contributed by atoms with van der Waals surface area (Å²) in [6.45, 7) is 0.774. The van der Waals surface area contributed by atoms with Gasteiger partial charge in [0.1, 0.15) is 0 Å². The largest absolute Gasteiger partial charge is 0.481 e. The molecule has 1 N–H and O–H groups in total. The van der Waals surface area contributed by atoms with Crippen molar-refractivity contribution in [2.45, 2.75) is 32.2 Å². The van der Waals surface area contributed by atoms with E-state index < -0.39 is 5.97 Å². The highest BCUT2D eigenvalue weighted by molar-refractivity contribution is 5.66. The molecule has 1 heterocycles. The summed E-state index contributed by atoms with van der Waals surface area (Å²) in [4.78, 5) is 10.4. The highest BCUT2D eigenvalue weighted by atomic mass is 16.4. The molecule has 4 nitrogen and oxygen atoms in total. The molecule has 0 atom stereocenters. The molecule has 1 aromatic carbocycles. The Labute approximate surface area is 112 Å². The topological polar surface area (TPSA) is 55.1 Å². The number of carboxylic acid groups (broad SMARTS) is 1. The normalized spacial score (nSPS) is 10.5. The Hall–Kier alpha value is -2.10. The van der Waals surface area contributed by atoms with Crippen LogP contribution in [0.1, 0.15) is 30.5 Å². The Kier molecular flexibility index (Phi) is 4.72. The Morgan fingerprint density at radius 1 is 1.16 bits per heavy atom. The molecular formula is C15H18N2O2. The van der Waals surface area contributed by atoms with Crippen molar-refractivity contribution in [3.8, 4) is 0 Å². The maximum absolute atomic E-state index is 10.4. The van der Waals surface area contributed by atoms with E-state index in [9.17, 15) is 4.79 Å². The summed E-state index contributed by atoms with van der Waals surface area (Å²) in [5.74, 6) is -0.727. The van der Waals surface area contributed by atoms with Crippen LogP contribution >= 0.6 is 0 Å². The Bertz CT molecular complexity index is 520. The first-order valence-corrected chi connectivity index (χ1v) is 6.52.